The maximum atomic E-state index is 11.0. The van der Waals surface area contributed by atoms with Crippen molar-refractivity contribution in [1.82, 2.24) is 9.97 Å². The lowest BCUT2D eigenvalue weighted by Crippen LogP contribution is -2.36. The predicted molar refractivity (Wildman–Crippen MR) is 67.4 cm³/mol. The second-order valence-corrected chi connectivity index (χ2v) is 6.28. The van der Waals surface area contributed by atoms with Crippen LogP contribution in [0.25, 0.3) is 0 Å². The number of hydrogen-bond acceptors (Lipinski definition) is 3. The van der Waals surface area contributed by atoms with Gasteiger partial charge < -0.3 is 0 Å². The molecule has 0 saturated heterocycles. The number of aldehydes is 1. The molecule has 92 valence electrons. The van der Waals surface area contributed by atoms with Gasteiger partial charge in [0.1, 0.15) is 5.69 Å². The van der Waals surface area contributed by atoms with Gasteiger partial charge in [-0.2, -0.15) is 0 Å². The molecule has 0 spiro atoms. The molecule has 0 saturated carbocycles. The lowest BCUT2D eigenvalue weighted by atomic mass is 9.67. The molecule has 0 atom stereocenters. The van der Waals surface area contributed by atoms with E-state index >= 15 is 0 Å². The SMILES string of the molecule is Cc1nc2c(nc1C=O)C(C)(C)CCC2(C)C. The van der Waals surface area contributed by atoms with E-state index in [0.29, 0.717) is 5.69 Å². The zero-order valence-corrected chi connectivity index (χ0v) is 11.3. The molecule has 0 unspecified atom stereocenters. The predicted octanol–water partition coefficient (Wildman–Crippen LogP) is 2.95. The van der Waals surface area contributed by atoms with Gasteiger partial charge in [-0.15, -0.1) is 0 Å². The van der Waals surface area contributed by atoms with Gasteiger partial charge in [-0.1, -0.05) is 27.7 Å². The van der Waals surface area contributed by atoms with E-state index in [0.717, 1.165) is 36.2 Å². The molecule has 1 heterocycles. The second kappa shape index (κ2) is 3.62. The third-order valence-corrected chi connectivity index (χ3v) is 3.88. The molecule has 2 rings (SSSR count). The molecule has 3 heteroatoms. The Morgan fingerprint density at radius 1 is 1.00 bits per heavy atom. The fourth-order valence-corrected chi connectivity index (χ4v) is 2.45. The van der Waals surface area contributed by atoms with E-state index in [1.807, 2.05) is 6.92 Å². The number of nitrogens with zero attached hydrogens (tertiary/aromatic N) is 2. The van der Waals surface area contributed by atoms with Gasteiger partial charge in [-0.3, -0.25) is 9.78 Å². The first kappa shape index (κ1) is 12.2. The Hall–Kier alpha value is -1.25. The van der Waals surface area contributed by atoms with Crippen molar-refractivity contribution in [2.45, 2.75) is 58.3 Å². The van der Waals surface area contributed by atoms with E-state index in [1.54, 1.807) is 0 Å². The highest BCUT2D eigenvalue weighted by Gasteiger charge is 2.40. The van der Waals surface area contributed by atoms with E-state index in [1.165, 1.54) is 0 Å². The van der Waals surface area contributed by atoms with E-state index in [2.05, 4.69) is 37.7 Å². The highest BCUT2D eigenvalue weighted by Crippen LogP contribution is 2.43. The zero-order chi connectivity index (χ0) is 12.8. The maximum absolute atomic E-state index is 11.0. The first-order valence-electron chi connectivity index (χ1n) is 6.13. The van der Waals surface area contributed by atoms with Crippen LogP contribution in [0, 0.1) is 6.92 Å². The van der Waals surface area contributed by atoms with Crippen LogP contribution in [-0.4, -0.2) is 16.3 Å². The smallest absolute Gasteiger partial charge is 0.170 e. The maximum Gasteiger partial charge on any atom is 0.170 e. The first-order chi connectivity index (χ1) is 7.78. The van der Waals surface area contributed by atoms with Gasteiger partial charge in [-0.25, -0.2) is 4.98 Å². The van der Waals surface area contributed by atoms with E-state index in [9.17, 15) is 4.79 Å². The van der Waals surface area contributed by atoms with Gasteiger partial charge in [-0.05, 0) is 19.8 Å². The summed E-state index contributed by atoms with van der Waals surface area (Å²) in [4.78, 5) is 20.2. The molecule has 1 aliphatic rings. The Labute approximate surface area is 103 Å². The summed E-state index contributed by atoms with van der Waals surface area (Å²) in [6.07, 6.45) is 3.00. The van der Waals surface area contributed by atoms with Crippen molar-refractivity contribution >= 4 is 6.29 Å². The Morgan fingerprint density at radius 2 is 1.47 bits per heavy atom. The van der Waals surface area contributed by atoms with Crippen LogP contribution >= 0.6 is 0 Å². The number of carbonyl (C=O) groups excluding carboxylic acids is 1. The number of rotatable bonds is 1. The molecule has 0 N–H and O–H groups in total. The Morgan fingerprint density at radius 3 is 1.94 bits per heavy atom. The average molecular weight is 232 g/mol. The summed E-state index contributed by atoms with van der Waals surface area (Å²) < 4.78 is 0. The van der Waals surface area contributed by atoms with Crippen molar-refractivity contribution in [3.8, 4) is 0 Å². The van der Waals surface area contributed by atoms with Crippen LogP contribution in [0.4, 0.5) is 0 Å². The Balaban J connectivity index is 2.72. The topological polar surface area (TPSA) is 42.9 Å². The molecule has 0 fully saturated rings. The molecule has 0 aliphatic heterocycles. The summed E-state index contributed by atoms with van der Waals surface area (Å²) in [7, 11) is 0. The number of hydrogen-bond donors (Lipinski definition) is 0. The number of aromatic nitrogens is 2. The summed E-state index contributed by atoms with van der Waals surface area (Å²) >= 11 is 0. The van der Waals surface area contributed by atoms with Gasteiger partial charge in [0.05, 0.1) is 17.1 Å². The van der Waals surface area contributed by atoms with Crippen molar-refractivity contribution in [3.05, 3.63) is 22.8 Å². The molecule has 0 amide bonds. The molecule has 1 aromatic rings. The first-order valence-corrected chi connectivity index (χ1v) is 6.13. The molecule has 0 aromatic carbocycles. The van der Waals surface area contributed by atoms with Gasteiger partial charge in [0.25, 0.3) is 0 Å². The standard InChI is InChI=1S/C14H20N2O/c1-9-10(8-17)16-12-11(15-9)13(2,3)6-7-14(12,4)5/h8H,6-7H2,1-5H3. The summed E-state index contributed by atoms with van der Waals surface area (Å²) in [5.41, 5.74) is 3.37. The third kappa shape index (κ3) is 1.88. The highest BCUT2D eigenvalue weighted by molar-refractivity contribution is 5.73. The van der Waals surface area contributed by atoms with Gasteiger partial charge in [0, 0.05) is 10.8 Å². The second-order valence-electron chi connectivity index (χ2n) is 6.28. The van der Waals surface area contributed by atoms with Crippen LogP contribution in [0.1, 0.15) is 68.1 Å². The fourth-order valence-electron chi connectivity index (χ4n) is 2.45. The van der Waals surface area contributed by atoms with Crippen molar-refractivity contribution in [1.29, 1.82) is 0 Å². The number of carbonyl (C=O) groups is 1. The molecule has 17 heavy (non-hydrogen) atoms. The lowest BCUT2D eigenvalue weighted by Gasteiger charge is -2.39. The minimum atomic E-state index is 0.0172. The van der Waals surface area contributed by atoms with Crippen molar-refractivity contribution in [2.75, 3.05) is 0 Å². The van der Waals surface area contributed by atoms with Crippen LogP contribution in [0.15, 0.2) is 0 Å². The molecular weight excluding hydrogens is 212 g/mol. The van der Waals surface area contributed by atoms with Crippen LogP contribution in [-0.2, 0) is 10.8 Å². The fraction of sp³-hybridized carbons (Fsp3) is 0.643. The number of aryl methyl sites for hydroxylation is 1. The average Bonchev–Trinajstić information content (AvgIpc) is 2.24. The van der Waals surface area contributed by atoms with Gasteiger partial charge in [0.2, 0.25) is 0 Å². The minimum absolute atomic E-state index is 0.0172. The molecule has 3 nitrogen and oxygen atoms in total. The lowest BCUT2D eigenvalue weighted by molar-refractivity contribution is 0.111. The summed E-state index contributed by atoms with van der Waals surface area (Å²) in [6.45, 7) is 10.6. The summed E-state index contributed by atoms with van der Waals surface area (Å²) in [5.74, 6) is 0. The van der Waals surface area contributed by atoms with Gasteiger partial charge in [0.15, 0.2) is 6.29 Å². The van der Waals surface area contributed by atoms with Crippen LogP contribution < -0.4 is 0 Å². The zero-order valence-electron chi connectivity index (χ0n) is 11.3. The minimum Gasteiger partial charge on any atom is -0.296 e. The molecule has 0 bridgehead atoms. The molecule has 0 radical (unpaired) electrons. The largest absolute Gasteiger partial charge is 0.296 e. The molecule has 1 aromatic heterocycles. The molecule has 1 aliphatic carbocycles. The van der Waals surface area contributed by atoms with E-state index in [4.69, 9.17) is 0 Å². The van der Waals surface area contributed by atoms with Crippen LogP contribution in [0.5, 0.6) is 0 Å². The monoisotopic (exact) mass is 232 g/mol. The van der Waals surface area contributed by atoms with Crippen LogP contribution in [0.3, 0.4) is 0 Å². The Bertz CT molecular complexity index is 475. The van der Waals surface area contributed by atoms with E-state index < -0.39 is 0 Å². The van der Waals surface area contributed by atoms with Crippen molar-refractivity contribution in [3.63, 3.8) is 0 Å². The quantitative estimate of drug-likeness (QED) is 0.699. The highest BCUT2D eigenvalue weighted by atomic mass is 16.1. The normalized spacial score (nSPS) is 20.8. The summed E-state index contributed by atoms with van der Waals surface area (Å²) in [6, 6.07) is 0. The molecular formula is C14H20N2O. The number of fused-ring (bicyclic) bond motifs is 1. The van der Waals surface area contributed by atoms with Gasteiger partial charge >= 0.3 is 0 Å². The third-order valence-electron chi connectivity index (χ3n) is 3.88. The van der Waals surface area contributed by atoms with Crippen molar-refractivity contribution in [2.24, 2.45) is 0 Å². The Kier molecular flexibility index (Phi) is 2.60. The van der Waals surface area contributed by atoms with E-state index in [-0.39, 0.29) is 10.8 Å². The summed E-state index contributed by atoms with van der Waals surface area (Å²) in [5, 5.41) is 0. The van der Waals surface area contributed by atoms with Crippen LogP contribution in [0.2, 0.25) is 0 Å². The van der Waals surface area contributed by atoms with Crippen molar-refractivity contribution < 1.29 is 4.79 Å².